The fourth-order valence-corrected chi connectivity index (χ4v) is 2.85. The number of nitrogens with zero attached hydrogens (tertiary/aromatic N) is 2. The van der Waals surface area contributed by atoms with Crippen LogP contribution in [0.1, 0.15) is 53.4 Å². The van der Waals surface area contributed by atoms with Crippen molar-refractivity contribution in [1.29, 1.82) is 0 Å². The van der Waals surface area contributed by atoms with Gasteiger partial charge in [0.05, 0.1) is 5.41 Å². The van der Waals surface area contributed by atoms with Gasteiger partial charge < -0.3 is 14.9 Å². The molecule has 1 heterocycles. The number of unbranched alkanes of at least 4 members (excludes halogenated alkanes) is 1. The number of aliphatic carboxylic acids is 1. The van der Waals surface area contributed by atoms with Crippen LogP contribution in [0.5, 0.6) is 0 Å². The minimum Gasteiger partial charge on any atom is -0.481 e. The molecule has 1 saturated heterocycles. The highest BCUT2D eigenvalue weighted by molar-refractivity contribution is 5.76. The summed E-state index contributed by atoms with van der Waals surface area (Å²) in [6.07, 6.45) is 3.85. The van der Waals surface area contributed by atoms with Crippen LogP contribution in [0.4, 0.5) is 4.79 Å². The lowest BCUT2D eigenvalue weighted by Crippen LogP contribution is -2.51. The summed E-state index contributed by atoms with van der Waals surface area (Å²) in [4.78, 5) is 27.7. The van der Waals surface area contributed by atoms with Gasteiger partial charge in [0.15, 0.2) is 0 Å². The average molecular weight is 298 g/mol. The predicted octanol–water partition coefficient (Wildman–Crippen LogP) is 3.05. The fourth-order valence-electron chi connectivity index (χ4n) is 2.85. The number of amides is 2. The average Bonchev–Trinajstić information content (AvgIpc) is 2.47. The number of likely N-dealkylation sites (tertiary alicyclic amines) is 1. The van der Waals surface area contributed by atoms with E-state index in [2.05, 4.69) is 6.92 Å². The van der Waals surface area contributed by atoms with Gasteiger partial charge >= 0.3 is 12.0 Å². The van der Waals surface area contributed by atoms with Gasteiger partial charge in [-0.25, -0.2) is 4.79 Å². The fraction of sp³-hybridized carbons (Fsp3) is 0.875. The molecule has 5 nitrogen and oxygen atoms in total. The molecule has 0 aromatic carbocycles. The highest BCUT2D eigenvalue weighted by Gasteiger charge is 2.40. The van der Waals surface area contributed by atoms with Crippen LogP contribution >= 0.6 is 0 Å². The van der Waals surface area contributed by atoms with Crippen molar-refractivity contribution in [3.05, 3.63) is 0 Å². The van der Waals surface area contributed by atoms with Gasteiger partial charge in [-0.1, -0.05) is 13.3 Å². The van der Waals surface area contributed by atoms with E-state index < -0.39 is 11.4 Å². The van der Waals surface area contributed by atoms with Crippen molar-refractivity contribution in [2.24, 2.45) is 11.3 Å². The summed E-state index contributed by atoms with van der Waals surface area (Å²) in [5, 5.41) is 9.38. The third-order valence-corrected chi connectivity index (χ3v) is 4.70. The molecule has 122 valence electrons. The first kappa shape index (κ1) is 17.8. The van der Waals surface area contributed by atoms with E-state index >= 15 is 0 Å². The third-order valence-electron chi connectivity index (χ3n) is 4.70. The summed E-state index contributed by atoms with van der Waals surface area (Å²) in [5.74, 6) is -0.752. The standard InChI is InChI=1S/C16H30N2O3/c1-5-7-10-17(6-2)15(21)18-11-8-9-13(12-18)16(3,4)14(19)20/h13H,5-12H2,1-4H3,(H,19,20). The Morgan fingerprint density at radius 1 is 1.33 bits per heavy atom. The van der Waals surface area contributed by atoms with Gasteiger partial charge in [-0.2, -0.15) is 0 Å². The zero-order valence-electron chi connectivity index (χ0n) is 13.9. The number of rotatable bonds is 6. The normalized spacial score (nSPS) is 19.4. The van der Waals surface area contributed by atoms with Gasteiger partial charge in [0.25, 0.3) is 0 Å². The van der Waals surface area contributed by atoms with Crippen LogP contribution in [0.2, 0.25) is 0 Å². The van der Waals surface area contributed by atoms with Crippen LogP contribution in [0.25, 0.3) is 0 Å². The maximum Gasteiger partial charge on any atom is 0.319 e. The minimum atomic E-state index is -0.778. The third kappa shape index (κ3) is 4.35. The van der Waals surface area contributed by atoms with Crippen molar-refractivity contribution >= 4 is 12.0 Å². The molecule has 1 aliphatic heterocycles. The van der Waals surface area contributed by atoms with Gasteiger partial charge in [-0.05, 0) is 46.0 Å². The Kier molecular flexibility index (Phi) is 6.49. The number of carbonyl (C=O) groups is 2. The number of piperidine rings is 1. The lowest BCUT2D eigenvalue weighted by atomic mass is 9.74. The number of urea groups is 1. The first-order valence-corrected chi connectivity index (χ1v) is 8.11. The van der Waals surface area contributed by atoms with E-state index in [0.29, 0.717) is 13.1 Å². The summed E-state index contributed by atoms with van der Waals surface area (Å²) >= 11 is 0. The van der Waals surface area contributed by atoms with Crippen molar-refractivity contribution in [2.45, 2.75) is 53.4 Å². The van der Waals surface area contributed by atoms with Crippen molar-refractivity contribution < 1.29 is 14.7 Å². The summed E-state index contributed by atoms with van der Waals surface area (Å²) < 4.78 is 0. The van der Waals surface area contributed by atoms with E-state index in [-0.39, 0.29) is 11.9 Å². The van der Waals surface area contributed by atoms with Crippen LogP contribution in [0.3, 0.4) is 0 Å². The van der Waals surface area contributed by atoms with Crippen LogP contribution in [0, 0.1) is 11.3 Å². The van der Waals surface area contributed by atoms with Crippen molar-refractivity contribution in [3.63, 3.8) is 0 Å². The van der Waals surface area contributed by atoms with E-state index in [1.54, 1.807) is 13.8 Å². The van der Waals surface area contributed by atoms with Gasteiger partial charge in [-0.15, -0.1) is 0 Å². The lowest BCUT2D eigenvalue weighted by Gasteiger charge is -2.40. The van der Waals surface area contributed by atoms with Crippen LogP contribution < -0.4 is 0 Å². The quantitative estimate of drug-likeness (QED) is 0.820. The van der Waals surface area contributed by atoms with Crippen molar-refractivity contribution in [3.8, 4) is 0 Å². The maximum absolute atomic E-state index is 12.6. The van der Waals surface area contributed by atoms with E-state index in [0.717, 1.165) is 38.8 Å². The van der Waals surface area contributed by atoms with Crippen molar-refractivity contribution in [2.75, 3.05) is 26.2 Å². The summed E-state index contributed by atoms with van der Waals surface area (Å²) in [5.41, 5.74) is -0.778. The van der Waals surface area contributed by atoms with Gasteiger partial charge in [-0.3, -0.25) is 4.79 Å². The zero-order chi connectivity index (χ0) is 16.0. The molecule has 2 amide bonds. The Balaban J connectivity index is 2.71. The first-order chi connectivity index (χ1) is 9.84. The van der Waals surface area contributed by atoms with Gasteiger partial charge in [0.2, 0.25) is 0 Å². The highest BCUT2D eigenvalue weighted by atomic mass is 16.4. The van der Waals surface area contributed by atoms with Crippen LogP contribution in [-0.2, 0) is 4.79 Å². The largest absolute Gasteiger partial charge is 0.481 e. The van der Waals surface area contributed by atoms with E-state index in [4.69, 9.17) is 0 Å². The molecular weight excluding hydrogens is 268 g/mol. The number of hydrogen-bond acceptors (Lipinski definition) is 2. The Morgan fingerprint density at radius 2 is 2.00 bits per heavy atom. The molecule has 1 N–H and O–H groups in total. The molecule has 0 bridgehead atoms. The molecule has 5 heteroatoms. The summed E-state index contributed by atoms with van der Waals surface area (Å²) in [6.45, 7) is 10.4. The Labute approximate surface area is 128 Å². The molecule has 1 atom stereocenters. The molecule has 0 aliphatic carbocycles. The molecule has 0 aromatic heterocycles. The number of carboxylic acids is 1. The molecule has 0 radical (unpaired) electrons. The molecule has 21 heavy (non-hydrogen) atoms. The molecule has 0 aromatic rings. The van der Waals surface area contributed by atoms with Crippen LogP contribution in [-0.4, -0.2) is 53.1 Å². The number of hydrogen-bond donors (Lipinski definition) is 1. The topological polar surface area (TPSA) is 60.9 Å². The summed E-state index contributed by atoms with van der Waals surface area (Å²) in [7, 11) is 0. The SMILES string of the molecule is CCCCN(CC)C(=O)N1CCCC(C(C)(C)C(=O)O)C1. The number of carbonyl (C=O) groups excluding carboxylic acids is 1. The van der Waals surface area contributed by atoms with Gasteiger partial charge in [0.1, 0.15) is 0 Å². The molecule has 1 fully saturated rings. The predicted molar refractivity (Wildman–Crippen MR) is 83.3 cm³/mol. The minimum absolute atomic E-state index is 0.0255. The molecule has 1 unspecified atom stereocenters. The lowest BCUT2D eigenvalue weighted by molar-refractivity contribution is -0.151. The monoisotopic (exact) mass is 298 g/mol. The molecule has 0 saturated carbocycles. The second kappa shape index (κ2) is 7.66. The molecule has 1 aliphatic rings. The molecule has 1 rings (SSSR count). The highest BCUT2D eigenvalue weighted by Crippen LogP contribution is 2.34. The zero-order valence-corrected chi connectivity index (χ0v) is 13.9. The maximum atomic E-state index is 12.6. The first-order valence-electron chi connectivity index (χ1n) is 8.11. The Bertz CT molecular complexity index is 369. The van der Waals surface area contributed by atoms with E-state index in [9.17, 15) is 14.7 Å². The summed E-state index contributed by atoms with van der Waals surface area (Å²) in [6, 6.07) is 0.0665. The smallest absolute Gasteiger partial charge is 0.319 e. The van der Waals surface area contributed by atoms with Crippen LogP contribution in [0.15, 0.2) is 0 Å². The van der Waals surface area contributed by atoms with Gasteiger partial charge in [0, 0.05) is 26.2 Å². The molecule has 0 spiro atoms. The van der Waals surface area contributed by atoms with E-state index in [1.807, 2.05) is 16.7 Å². The van der Waals surface area contributed by atoms with Crippen molar-refractivity contribution in [1.82, 2.24) is 9.80 Å². The second-order valence-corrected chi connectivity index (χ2v) is 6.53. The Hall–Kier alpha value is -1.26. The van der Waals surface area contributed by atoms with E-state index in [1.165, 1.54) is 0 Å². The molecular formula is C16H30N2O3. The number of carboxylic acid groups (broad SMARTS) is 1. The second-order valence-electron chi connectivity index (χ2n) is 6.53. The Morgan fingerprint density at radius 3 is 2.52 bits per heavy atom.